The number of anilines is 1. The number of nitrogens with two attached hydrogens (primary N) is 1. The Balaban J connectivity index is 2.56. The molecule has 2 aromatic carbocycles. The Kier molecular flexibility index (Phi) is 4.38. The minimum Gasteiger partial charge on any atom is -0.493 e. The van der Waals surface area contributed by atoms with Crippen LogP contribution in [0.5, 0.6) is 11.5 Å². The number of ketones is 1. The van der Waals surface area contributed by atoms with E-state index < -0.39 is 0 Å². The number of halogens is 1. The fourth-order valence-corrected chi connectivity index (χ4v) is 2.28. The van der Waals surface area contributed by atoms with Crippen LogP contribution in [0, 0.1) is 6.92 Å². The number of hydrogen-bond acceptors (Lipinski definition) is 4. The summed E-state index contributed by atoms with van der Waals surface area (Å²) in [5.74, 6) is 0.867. The standard InChI is InChI=1S/C16H16ClNO3/c1-9-7-13(20-2)14(21-3)8-11(9)16(19)10-5-4-6-12(17)15(10)18/h4-8H,18H2,1-3H3. The van der Waals surface area contributed by atoms with Crippen molar-refractivity contribution in [2.24, 2.45) is 0 Å². The second kappa shape index (κ2) is 6.06. The first kappa shape index (κ1) is 15.2. The maximum absolute atomic E-state index is 12.7. The van der Waals surface area contributed by atoms with Crippen LogP contribution in [0.1, 0.15) is 21.5 Å². The van der Waals surface area contributed by atoms with Gasteiger partial charge in [0.1, 0.15) is 0 Å². The van der Waals surface area contributed by atoms with E-state index in [1.54, 1.807) is 37.4 Å². The number of methoxy groups -OCH3 is 2. The molecule has 0 aliphatic heterocycles. The summed E-state index contributed by atoms with van der Waals surface area (Å²) in [5, 5.41) is 0.360. The van der Waals surface area contributed by atoms with Gasteiger partial charge in [0.05, 0.1) is 24.9 Å². The highest BCUT2D eigenvalue weighted by Gasteiger charge is 2.18. The summed E-state index contributed by atoms with van der Waals surface area (Å²) < 4.78 is 10.5. The van der Waals surface area contributed by atoms with Crippen LogP contribution in [0.25, 0.3) is 0 Å². The Bertz CT molecular complexity index is 698. The van der Waals surface area contributed by atoms with Crippen LogP contribution in [0.2, 0.25) is 5.02 Å². The second-order valence-electron chi connectivity index (χ2n) is 4.55. The summed E-state index contributed by atoms with van der Waals surface area (Å²) in [5.41, 5.74) is 7.81. The molecule has 0 heterocycles. The third-order valence-electron chi connectivity index (χ3n) is 3.27. The lowest BCUT2D eigenvalue weighted by Crippen LogP contribution is -2.08. The molecule has 2 aromatic rings. The molecule has 0 amide bonds. The van der Waals surface area contributed by atoms with Crippen molar-refractivity contribution in [2.75, 3.05) is 20.0 Å². The zero-order chi connectivity index (χ0) is 15.6. The van der Waals surface area contributed by atoms with Crippen molar-refractivity contribution < 1.29 is 14.3 Å². The Morgan fingerprint density at radius 1 is 1.10 bits per heavy atom. The van der Waals surface area contributed by atoms with Crippen LogP contribution in [0.3, 0.4) is 0 Å². The van der Waals surface area contributed by atoms with Crippen LogP contribution < -0.4 is 15.2 Å². The predicted octanol–water partition coefficient (Wildman–Crippen LogP) is 3.48. The summed E-state index contributed by atoms with van der Waals surface area (Å²) in [7, 11) is 3.07. The van der Waals surface area contributed by atoms with Crippen molar-refractivity contribution >= 4 is 23.1 Å². The van der Waals surface area contributed by atoms with E-state index in [0.717, 1.165) is 5.56 Å². The molecule has 0 bridgehead atoms. The summed E-state index contributed by atoms with van der Waals surface area (Å²) in [6.45, 7) is 1.83. The van der Waals surface area contributed by atoms with Crippen molar-refractivity contribution in [1.82, 2.24) is 0 Å². The molecular weight excluding hydrogens is 290 g/mol. The molecule has 0 unspecified atom stereocenters. The molecule has 2 rings (SSSR count). The van der Waals surface area contributed by atoms with Gasteiger partial charge in [0.15, 0.2) is 17.3 Å². The zero-order valence-electron chi connectivity index (χ0n) is 12.1. The van der Waals surface area contributed by atoms with E-state index in [-0.39, 0.29) is 11.5 Å². The Hall–Kier alpha value is -2.20. The number of aryl methyl sites for hydroxylation is 1. The summed E-state index contributed by atoms with van der Waals surface area (Å²) in [4.78, 5) is 12.7. The molecule has 0 atom stereocenters. The first-order valence-electron chi connectivity index (χ1n) is 6.31. The van der Waals surface area contributed by atoms with Crippen LogP contribution in [-0.4, -0.2) is 20.0 Å². The fourth-order valence-electron chi connectivity index (χ4n) is 2.11. The quantitative estimate of drug-likeness (QED) is 0.694. The summed E-state index contributed by atoms with van der Waals surface area (Å²) in [6.07, 6.45) is 0. The van der Waals surface area contributed by atoms with Crippen molar-refractivity contribution in [1.29, 1.82) is 0 Å². The number of hydrogen-bond donors (Lipinski definition) is 1. The summed E-state index contributed by atoms with van der Waals surface area (Å²) in [6, 6.07) is 8.40. The lowest BCUT2D eigenvalue weighted by atomic mass is 9.97. The molecule has 0 aromatic heterocycles. The number of rotatable bonds is 4. The van der Waals surface area contributed by atoms with Crippen molar-refractivity contribution in [3.63, 3.8) is 0 Å². The number of para-hydroxylation sites is 1. The molecule has 0 saturated heterocycles. The number of nitrogen functional groups attached to an aromatic ring is 1. The van der Waals surface area contributed by atoms with E-state index in [4.69, 9.17) is 26.8 Å². The Morgan fingerprint density at radius 3 is 2.33 bits per heavy atom. The molecule has 0 radical (unpaired) electrons. The van der Waals surface area contributed by atoms with Crippen LogP contribution >= 0.6 is 11.6 Å². The van der Waals surface area contributed by atoms with Gasteiger partial charge in [0.25, 0.3) is 0 Å². The minimum absolute atomic E-state index is 0.201. The number of benzene rings is 2. The molecule has 0 fully saturated rings. The maximum atomic E-state index is 12.7. The molecule has 110 valence electrons. The number of carbonyl (C=O) groups is 1. The van der Waals surface area contributed by atoms with E-state index in [0.29, 0.717) is 27.6 Å². The molecule has 0 spiro atoms. The first-order chi connectivity index (χ1) is 9.99. The van der Waals surface area contributed by atoms with Gasteiger partial charge in [-0.2, -0.15) is 0 Å². The van der Waals surface area contributed by atoms with E-state index in [1.165, 1.54) is 7.11 Å². The van der Waals surface area contributed by atoms with E-state index in [1.807, 2.05) is 6.92 Å². The Labute approximate surface area is 128 Å². The predicted molar refractivity (Wildman–Crippen MR) is 83.6 cm³/mol. The average Bonchev–Trinajstić information content (AvgIpc) is 2.49. The molecule has 0 aliphatic carbocycles. The first-order valence-corrected chi connectivity index (χ1v) is 6.68. The van der Waals surface area contributed by atoms with Gasteiger partial charge in [0.2, 0.25) is 0 Å². The lowest BCUT2D eigenvalue weighted by Gasteiger charge is -2.13. The van der Waals surface area contributed by atoms with Gasteiger partial charge in [-0.05, 0) is 36.8 Å². The highest BCUT2D eigenvalue weighted by atomic mass is 35.5. The van der Waals surface area contributed by atoms with E-state index in [2.05, 4.69) is 0 Å². The van der Waals surface area contributed by atoms with Gasteiger partial charge in [-0.3, -0.25) is 4.79 Å². The highest BCUT2D eigenvalue weighted by Crippen LogP contribution is 2.32. The van der Waals surface area contributed by atoms with Gasteiger partial charge < -0.3 is 15.2 Å². The van der Waals surface area contributed by atoms with Crippen LogP contribution in [-0.2, 0) is 0 Å². The smallest absolute Gasteiger partial charge is 0.195 e. The number of carbonyl (C=O) groups excluding carboxylic acids is 1. The van der Waals surface area contributed by atoms with Gasteiger partial charge in [-0.15, -0.1) is 0 Å². The van der Waals surface area contributed by atoms with Gasteiger partial charge in [-0.1, -0.05) is 17.7 Å². The second-order valence-corrected chi connectivity index (χ2v) is 4.96. The topological polar surface area (TPSA) is 61.5 Å². The summed E-state index contributed by atoms with van der Waals surface area (Å²) >= 11 is 5.97. The largest absolute Gasteiger partial charge is 0.493 e. The van der Waals surface area contributed by atoms with Gasteiger partial charge >= 0.3 is 0 Å². The molecule has 5 heteroatoms. The van der Waals surface area contributed by atoms with E-state index in [9.17, 15) is 4.79 Å². The monoisotopic (exact) mass is 305 g/mol. The fraction of sp³-hybridized carbons (Fsp3) is 0.188. The highest BCUT2D eigenvalue weighted by molar-refractivity contribution is 6.34. The van der Waals surface area contributed by atoms with Gasteiger partial charge in [-0.25, -0.2) is 0 Å². The molecule has 21 heavy (non-hydrogen) atoms. The third kappa shape index (κ3) is 2.81. The van der Waals surface area contributed by atoms with Crippen molar-refractivity contribution in [3.8, 4) is 11.5 Å². The molecular formula is C16H16ClNO3. The molecule has 0 saturated carbocycles. The van der Waals surface area contributed by atoms with Crippen molar-refractivity contribution in [3.05, 3.63) is 52.0 Å². The normalized spacial score (nSPS) is 10.3. The maximum Gasteiger partial charge on any atom is 0.195 e. The molecule has 4 nitrogen and oxygen atoms in total. The van der Waals surface area contributed by atoms with Crippen LogP contribution in [0.15, 0.2) is 30.3 Å². The van der Waals surface area contributed by atoms with Gasteiger partial charge in [0, 0.05) is 11.1 Å². The minimum atomic E-state index is -0.201. The third-order valence-corrected chi connectivity index (χ3v) is 3.60. The zero-order valence-corrected chi connectivity index (χ0v) is 12.8. The van der Waals surface area contributed by atoms with E-state index >= 15 is 0 Å². The van der Waals surface area contributed by atoms with Crippen molar-refractivity contribution in [2.45, 2.75) is 6.92 Å². The molecule has 2 N–H and O–H groups in total. The Morgan fingerprint density at radius 2 is 1.71 bits per heavy atom. The number of ether oxygens (including phenoxy) is 2. The lowest BCUT2D eigenvalue weighted by molar-refractivity contribution is 0.103. The average molecular weight is 306 g/mol. The molecule has 0 aliphatic rings. The SMILES string of the molecule is COc1cc(C)c(C(=O)c2cccc(Cl)c2N)cc1OC. The van der Waals surface area contributed by atoms with Crippen LogP contribution in [0.4, 0.5) is 5.69 Å².